The molecule has 0 saturated carbocycles. The van der Waals surface area contributed by atoms with Crippen LogP contribution >= 0.6 is 0 Å². The number of H-pyrrole nitrogens is 1. The second-order valence-corrected chi connectivity index (χ2v) is 7.60. The molecule has 3 aromatic carbocycles. The average molecular weight is 322 g/mol. The molecule has 1 aliphatic rings. The predicted molar refractivity (Wildman–Crippen MR) is 105 cm³/mol. The fourth-order valence-electron chi connectivity index (χ4n) is 4.65. The molecule has 0 fully saturated rings. The van der Waals surface area contributed by atoms with Gasteiger partial charge in [0, 0.05) is 32.8 Å². The van der Waals surface area contributed by atoms with E-state index in [0.717, 1.165) is 0 Å². The van der Waals surface area contributed by atoms with Gasteiger partial charge in [-0.05, 0) is 23.8 Å². The molecule has 2 nitrogen and oxygen atoms in total. The van der Waals surface area contributed by atoms with Crippen LogP contribution in [0.1, 0.15) is 25.1 Å². The highest BCUT2D eigenvalue weighted by Crippen LogP contribution is 2.47. The standard InChI is InChI=1S/C23H18N2/c1-23(2)17-8-4-6-10-19(17)25-20(23)13-14-11-12-16-15-7-3-5-9-18(15)24-21(16)22(14)25/h3-13,24H,1-2H3. The van der Waals surface area contributed by atoms with Gasteiger partial charge in [0.15, 0.2) is 0 Å². The van der Waals surface area contributed by atoms with Gasteiger partial charge in [-0.1, -0.05) is 62.4 Å². The monoisotopic (exact) mass is 322 g/mol. The van der Waals surface area contributed by atoms with Crippen molar-refractivity contribution in [1.29, 1.82) is 0 Å². The number of aromatic amines is 1. The molecule has 0 bridgehead atoms. The minimum absolute atomic E-state index is 0.0218. The Hall–Kier alpha value is -3.00. The quantitative estimate of drug-likeness (QED) is 0.366. The molecule has 0 spiro atoms. The van der Waals surface area contributed by atoms with E-state index in [0.29, 0.717) is 0 Å². The molecule has 1 aliphatic heterocycles. The van der Waals surface area contributed by atoms with Crippen molar-refractivity contribution in [2.45, 2.75) is 19.3 Å². The molecular weight excluding hydrogens is 304 g/mol. The predicted octanol–water partition coefficient (Wildman–Crippen LogP) is 5.90. The topological polar surface area (TPSA) is 20.7 Å². The van der Waals surface area contributed by atoms with E-state index in [-0.39, 0.29) is 5.41 Å². The Balaban J connectivity index is 1.87. The summed E-state index contributed by atoms with van der Waals surface area (Å²) in [7, 11) is 0. The lowest BCUT2D eigenvalue weighted by Crippen LogP contribution is -2.14. The van der Waals surface area contributed by atoms with E-state index >= 15 is 0 Å². The molecule has 1 N–H and O–H groups in total. The van der Waals surface area contributed by atoms with E-state index in [9.17, 15) is 0 Å². The summed E-state index contributed by atoms with van der Waals surface area (Å²) in [5, 5.41) is 3.89. The van der Waals surface area contributed by atoms with Crippen LogP contribution in [0.3, 0.4) is 0 Å². The van der Waals surface area contributed by atoms with Crippen LogP contribution in [0.2, 0.25) is 0 Å². The van der Waals surface area contributed by atoms with Crippen LogP contribution < -0.4 is 0 Å². The van der Waals surface area contributed by atoms with E-state index in [2.05, 4.69) is 90.1 Å². The summed E-state index contributed by atoms with van der Waals surface area (Å²) >= 11 is 0. The van der Waals surface area contributed by atoms with Crippen molar-refractivity contribution in [3.8, 4) is 5.69 Å². The Morgan fingerprint density at radius 1 is 0.840 bits per heavy atom. The van der Waals surface area contributed by atoms with Crippen molar-refractivity contribution < 1.29 is 0 Å². The van der Waals surface area contributed by atoms with Crippen LogP contribution in [0, 0.1) is 0 Å². The highest BCUT2D eigenvalue weighted by molar-refractivity contribution is 6.16. The molecule has 0 unspecified atom stereocenters. The zero-order valence-corrected chi connectivity index (χ0v) is 14.3. The summed E-state index contributed by atoms with van der Waals surface area (Å²) in [6, 6.07) is 24.2. The number of rotatable bonds is 0. The highest BCUT2D eigenvalue weighted by Gasteiger charge is 2.37. The fourth-order valence-corrected chi connectivity index (χ4v) is 4.65. The SMILES string of the molecule is CC1(C)c2ccccc2-n2c1cc1ccc3c4ccccc4[nH]c3c12. The van der Waals surface area contributed by atoms with E-state index in [1.807, 2.05) is 0 Å². The van der Waals surface area contributed by atoms with Gasteiger partial charge in [0.2, 0.25) is 0 Å². The Morgan fingerprint density at radius 3 is 2.56 bits per heavy atom. The number of para-hydroxylation sites is 2. The molecule has 3 heterocycles. The zero-order chi connectivity index (χ0) is 16.8. The fraction of sp³-hybridized carbons (Fsp3) is 0.130. The van der Waals surface area contributed by atoms with E-state index < -0.39 is 0 Å². The van der Waals surface area contributed by atoms with Gasteiger partial charge in [0.1, 0.15) is 0 Å². The third kappa shape index (κ3) is 1.46. The van der Waals surface area contributed by atoms with Crippen LogP contribution in [0.15, 0.2) is 66.7 Å². The van der Waals surface area contributed by atoms with E-state index in [4.69, 9.17) is 0 Å². The molecule has 2 heteroatoms. The van der Waals surface area contributed by atoms with Crippen molar-refractivity contribution >= 4 is 32.7 Å². The summed E-state index contributed by atoms with van der Waals surface area (Å²) in [4.78, 5) is 3.67. The molecule has 6 rings (SSSR count). The molecular formula is C23H18N2. The van der Waals surface area contributed by atoms with Gasteiger partial charge in [-0.25, -0.2) is 0 Å². The number of hydrogen-bond donors (Lipinski definition) is 1. The summed E-state index contributed by atoms with van der Waals surface area (Å²) in [5.74, 6) is 0. The minimum Gasteiger partial charge on any atom is -0.353 e. The molecule has 120 valence electrons. The summed E-state index contributed by atoms with van der Waals surface area (Å²) in [6.07, 6.45) is 0. The van der Waals surface area contributed by atoms with Gasteiger partial charge in [-0.15, -0.1) is 0 Å². The van der Waals surface area contributed by atoms with Crippen LogP contribution in [0.25, 0.3) is 38.4 Å². The normalized spacial score (nSPS) is 15.1. The first kappa shape index (κ1) is 13.3. The first-order valence-electron chi connectivity index (χ1n) is 8.81. The van der Waals surface area contributed by atoms with E-state index in [1.165, 1.54) is 49.7 Å². The van der Waals surface area contributed by atoms with Crippen molar-refractivity contribution in [3.05, 3.63) is 78.0 Å². The number of fused-ring (bicyclic) bond motifs is 9. The Morgan fingerprint density at radius 2 is 1.64 bits per heavy atom. The van der Waals surface area contributed by atoms with Gasteiger partial charge in [0.05, 0.1) is 16.7 Å². The largest absolute Gasteiger partial charge is 0.353 e. The number of benzene rings is 3. The maximum absolute atomic E-state index is 3.67. The number of nitrogens with zero attached hydrogens (tertiary/aromatic N) is 1. The Kier molecular flexibility index (Phi) is 2.21. The van der Waals surface area contributed by atoms with Crippen LogP contribution in [0.4, 0.5) is 0 Å². The average Bonchev–Trinajstić information content (AvgIpc) is 3.25. The maximum Gasteiger partial charge on any atom is 0.0774 e. The van der Waals surface area contributed by atoms with Crippen molar-refractivity contribution in [1.82, 2.24) is 9.55 Å². The Labute approximate surface area is 145 Å². The molecule has 0 atom stereocenters. The third-order valence-electron chi connectivity index (χ3n) is 5.90. The van der Waals surface area contributed by atoms with Crippen LogP contribution in [0.5, 0.6) is 0 Å². The molecule has 0 saturated heterocycles. The molecule has 0 radical (unpaired) electrons. The van der Waals surface area contributed by atoms with Gasteiger partial charge in [0.25, 0.3) is 0 Å². The number of nitrogens with one attached hydrogen (secondary N) is 1. The van der Waals surface area contributed by atoms with Crippen LogP contribution in [-0.4, -0.2) is 9.55 Å². The van der Waals surface area contributed by atoms with Gasteiger partial charge >= 0.3 is 0 Å². The molecule has 5 aromatic rings. The van der Waals surface area contributed by atoms with Gasteiger partial charge in [-0.3, -0.25) is 0 Å². The number of hydrogen-bond acceptors (Lipinski definition) is 0. The van der Waals surface area contributed by atoms with Crippen LogP contribution in [-0.2, 0) is 5.41 Å². The molecule has 2 aromatic heterocycles. The van der Waals surface area contributed by atoms with Gasteiger partial charge < -0.3 is 9.55 Å². The zero-order valence-electron chi connectivity index (χ0n) is 14.3. The smallest absolute Gasteiger partial charge is 0.0774 e. The molecule has 0 aliphatic carbocycles. The lowest BCUT2D eigenvalue weighted by atomic mass is 9.83. The molecule has 0 amide bonds. The Bertz CT molecular complexity index is 1310. The number of aromatic nitrogens is 2. The second kappa shape index (κ2) is 4.15. The molecule has 25 heavy (non-hydrogen) atoms. The second-order valence-electron chi connectivity index (χ2n) is 7.60. The van der Waals surface area contributed by atoms with Crippen molar-refractivity contribution in [2.24, 2.45) is 0 Å². The summed E-state index contributed by atoms with van der Waals surface area (Å²) < 4.78 is 2.46. The van der Waals surface area contributed by atoms with Crippen molar-refractivity contribution in [2.75, 3.05) is 0 Å². The first-order valence-corrected chi connectivity index (χ1v) is 8.81. The van der Waals surface area contributed by atoms with E-state index in [1.54, 1.807) is 0 Å². The minimum atomic E-state index is 0.0218. The third-order valence-corrected chi connectivity index (χ3v) is 5.90. The summed E-state index contributed by atoms with van der Waals surface area (Å²) in [6.45, 7) is 4.65. The van der Waals surface area contributed by atoms with Gasteiger partial charge in [-0.2, -0.15) is 0 Å². The lowest BCUT2D eigenvalue weighted by Gasteiger charge is -2.18. The first-order chi connectivity index (χ1) is 12.2. The summed E-state index contributed by atoms with van der Waals surface area (Å²) in [5.41, 5.74) is 7.83. The maximum atomic E-state index is 3.67. The highest BCUT2D eigenvalue weighted by atomic mass is 15.0. The van der Waals surface area contributed by atoms with Crippen molar-refractivity contribution in [3.63, 3.8) is 0 Å². The lowest BCUT2D eigenvalue weighted by molar-refractivity contribution is 0.645.